The number of anilines is 1. The number of nitrogens with zero attached hydrogens (tertiary/aromatic N) is 1. The van der Waals surface area contributed by atoms with Crippen molar-refractivity contribution in [2.45, 2.75) is 25.4 Å². The lowest BCUT2D eigenvalue weighted by Crippen LogP contribution is -2.42. The molecule has 2 unspecified atom stereocenters. The Morgan fingerprint density at radius 3 is 3.06 bits per heavy atom. The minimum atomic E-state index is 0.127. The van der Waals surface area contributed by atoms with Crippen LogP contribution in [0.3, 0.4) is 0 Å². The summed E-state index contributed by atoms with van der Waals surface area (Å²) in [6.45, 7) is 4.11. The number of aliphatic hydroxyl groups excluding tert-OH is 1. The first-order chi connectivity index (χ1) is 8.74. The molecule has 1 aromatic rings. The summed E-state index contributed by atoms with van der Waals surface area (Å²) in [5.41, 5.74) is 1.12. The van der Waals surface area contributed by atoms with Gasteiger partial charge in [0.05, 0.1) is 19.8 Å². The molecule has 0 aliphatic carbocycles. The Labute approximate surface area is 109 Å². The summed E-state index contributed by atoms with van der Waals surface area (Å²) in [5.74, 6) is 0.856. The molecule has 1 fully saturated rings. The molecule has 2 N–H and O–H groups in total. The fourth-order valence-corrected chi connectivity index (χ4v) is 2.36. The summed E-state index contributed by atoms with van der Waals surface area (Å²) in [4.78, 5) is 2.26. The smallest absolute Gasteiger partial charge is 0.120 e. The largest absolute Gasteiger partial charge is 0.497 e. The van der Waals surface area contributed by atoms with E-state index in [9.17, 15) is 5.11 Å². The predicted molar refractivity (Wildman–Crippen MR) is 73.3 cm³/mol. The van der Waals surface area contributed by atoms with Gasteiger partial charge in [-0.3, -0.25) is 0 Å². The SMILES string of the molecule is COc1cccc(N2CCC(C)NCC2CO)c1. The predicted octanol–water partition coefficient (Wildman–Crippen LogP) is 1.24. The number of aliphatic hydroxyl groups is 1. The van der Waals surface area contributed by atoms with E-state index in [1.54, 1.807) is 7.11 Å². The van der Waals surface area contributed by atoms with Gasteiger partial charge < -0.3 is 20.1 Å². The molecule has 0 amide bonds. The van der Waals surface area contributed by atoms with E-state index in [2.05, 4.69) is 23.2 Å². The first-order valence-corrected chi connectivity index (χ1v) is 6.49. The molecule has 0 aromatic heterocycles. The molecule has 4 nitrogen and oxygen atoms in total. The third kappa shape index (κ3) is 2.94. The molecule has 1 heterocycles. The van der Waals surface area contributed by atoms with Gasteiger partial charge in [-0.25, -0.2) is 0 Å². The Balaban J connectivity index is 2.21. The second-order valence-corrected chi connectivity index (χ2v) is 4.83. The Hall–Kier alpha value is -1.26. The standard InChI is InChI=1S/C14H22N2O2/c1-11-6-7-16(13(10-17)9-15-11)12-4-3-5-14(8-12)18-2/h3-5,8,11,13,15,17H,6-7,9-10H2,1-2H3. The highest BCUT2D eigenvalue weighted by atomic mass is 16.5. The van der Waals surface area contributed by atoms with E-state index in [0.717, 1.165) is 30.9 Å². The van der Waals surface area contributed by atoms with Crippen LogP contribution in [0.5, 0.6) is 5.75 Å². The Bertz CT molecular complexity index is 384. The van der Waals surface area contributed by atoms with Crippen molar-refractivity contribution in [1.29, 1.82) is 0 Å². The van der Waals surface area contributed by atoms with Gasteiger partial charge in [-0.15, -0.1) is 0 Å². The summed E-state index contributed by atoms with van der Waals surface area (Å²) in [5, 5.41) is 13.0. The molecule has 2 atom stereocenters. The second-order valence-electron chi connectivity index (χ2n) is 4.83. The summed E-state index contributed by atoms with van der Waals surface area (Å²) in [6, 6.07) is 8.65. The van der Waals surface area contributed by atoms with Gasteiger partial charge in [0.1, 0.15) is 5.75 Å². The van der Waals surface area contributed by atoms with Crippen molar-refractivity contribution in [3.63, 3.8) is 0 Å². The van der Waals surface area contributed by atoms with Crippen molar-refractivity contribution in [3.8, 4) is 5.75 Å². The average Bonchev–Trinajstić information content (AvgIpc) is 2.60. The molecule has 1 saturated heterocycles. The van der Waals surface area contributed by atoms with Gasteiger partial charge in [0.25, 0.3) is 0 Å². The minimum absolute atomic E-state index is 0.127. The maximum Gasteiger partial charge on any atom is 0.120 e. The molecule has 0 radical (unpaired) electrons. The first-order valence-electron chi connectivity index (χ1n) is 6.49. The van der Waals surface area contributed by atoms with E-state index in [4.69, 9.17) is 4.74 Å². The van der Waals surface area contributed by atoms with Crippen molar-refractivity contribution in [2.24, 2.45) is 0 Å². The molecule has 18 heavy (non-hydrogen) atoms. The van der Waals surface area contributed by atoms with E-state index < -0.39 is 0 Å². The maximum atomic E-state index is 9.55. The molecular weight excluding hydrogens is 228 g/mol. The molecule has 1 aliphatic rings. The van der Waals surface area contributed by atoms with Crippen molar-refractivity contribution in [3.05, 3.63) is 24.3 Å². The minimum Gasteiger partial charge on any atom is -0.497 e. The third-order valence-corrected chi connectivity index (χ3v) is 3.54. The normalized spacial score (nSPS) is 24.7. The first kappa shape index (κ1) is 13.2. The molecule has 1 aliphatic heterocycles. The monoisotopic (exact) mass is 250 g/mol. The van der Waals surface area contributed by atoms with Gasteiger partial charge >= 0.3 is 0 Å². The van der Waals surface area contributed by atoms with Crippen LogP contribution in [-0.4, -0.2) is 44.0 Å². The topological polar surface area (TPSA) is 44.7 Å². The number of hydrogen-bond donors (Lipinski definition) is 2. The van der Waals surface area contributed by atoms with Crippen molar-refractivity contribution in [1.82, 2.24) is 5.32 Å². The summed E-state index contributed by atoms with van der Waals surface area (Å²) in [6.07, 6.45) is 1.08. The van der Waals surface area contributed by atoms with Crippen molar-refractivity contribution in [2.75, 3.05) is 31.7 Å². The van der Waals surface area contributed by atoms with Crippen LogP contribution in [0.2, 0.25) is 0 Å². The third-order valence-electron chi connectivity index (χ3n) is 3.54. The summed E-state index contributed by atoms with van der Waals surface area (Å²) < 4.78 is 5.26. The van der Waals surface area contributed by atoms with Crippen LogP contribution in [0.25, 0.3) is 0 Å². The Morgan fingerprint density at radius 1 is 1.50 bits per heavy atom. The molecule has 2 rings (SSSR count). The van der Waals surface area contributed by atoms with E-state index >= 15 is 0 Å². The van der Waals surface area contributed by atoms with Gasteiger partial charge in [-0.1, -0.05) is 6.07 Å². The molecule has 4 heteroatoms. The zero-order valence-corrected chi connectivity index (χ0v) is 11.1. The summed E-state index contributed by atoms with van der Waals surface area (Å²) in [7, 11) is 1.68. The lowest BCUT2D eigenvalue weighted by molar-refractivity contribution is 0.259. The molecule has 1 aromatic carbocycles. The van der Waals surface area contributed by atoms with Crippen LogP contribution in [0.15, 0.2) is 24.3 Å². The lowest BCUT2D eigenvalue weighted by atomic mass is 10.2. The van der Waals surface area contributed by atoms with Gasteiger partial charge in [0.2, 0.25) is 0 Å². The van der Waals surface area contributed by atoms with E-state index in [1.165, 1.54) is 0 Å². The highest BCUT2D eigenvalue weighted by molar-refractivity contribution is 5.52. The van der Waals surface area contributed by atoms with E-state index in [1.807, 2.05) is 18.2 Å². The van der Waals surface area contributed by atoms with Crippen LogP contribution in [0, 0.1) is 0 Å². The van der Waals surface area contributed by atoms with E-state index in [0.29, 0.717) is 6.04 Å². The lowest BCUT2D eigenvalue weighted by Gasteiger charge is -2.30. The van der Waals surface area contributed by atoms with Gasteiger partial charge in [-0.05, 0) is 25.5 Å². The van der Waals surface area contributed by atoms with Gasteiger partial charge in [0, 0.05) is 30.9 Å². The fraction of sp³-hybridized carbons (Fsp3) is 0.571. The fourth-order valence-electron chi connectivity index (χ4n) is 2.36. The Morgan fingerprint density at radius 2 is 2.33 bits per heavy atom. The number of nitrogens with one attached hydrogen (secondary N) is 1. The highest BCUT2D eigenvalue weighted by Gasteiger charge is 2.23. The summed E-state index contributed by atoms with van der Waals surface area (Å²) >= 11 is 0. The number of methoxy groups -OCH3 is 1. The van der Waals surface area contributed by atoms with Crippen LogP contribution in [0.4, 0.5) is 5.69 Å². The number of benzene rings is 1. The van der Waals surface area contributed by atoms with E-state index in [-0.39, 0.29) is 12.6 Å². The number of rotatable bonds is 3. The van der Waals surface area contributed by atoms with Crippen LogP contribution in [0.1, 0.15) is 13.3 Å². The van der Waals surface area contributed by atoms with Crippen molar-refractivity contribution >= 4 is 5.69 Å². The van der Waals surface area contributed by atoms with Gasteiger partial charge in [0.15, 0.2) is 0 Å². The molecule has 0 saturated carbocycles. The maximum absolute atomic E-state index is 9.55. The van der Waals surface area contributed by atoms with Crippen molar-refractivity contribution < 1.29 is 9.84 Å². The van der Waals surface area contributed by atoms with Crippen LogP contribution < -0.4 is 15.0 Å². The quantitative estimate of drug-likeness (QED) is 0.847. The second kappa shape index (κ2) is 6.07. The highest BCUT2D eigenvalue weighted by Crippen LogP contribution is 2.24. The zero-order valence-electron chi connectivity index (χ0n) is 11.1. The van der Waals surface area contributed by atoms with Crippen LogP contribution in [-0.2, 0) is 0 Å². The number of hydrogen-bond acceptors (Lipinski definition) is 4. The molecular formula is C14H22N2O2. The van der Waals surface area contributed by atoms with Crippen LogP contribution >= 0.6 is 0 Å². The average molecular weight is 250 g/mol. The molecule has 0 spiro atoms. The van der Waals surface area contributed by atoms with Gasteiger partial charge in [-0.2, -0.15) is 0 Å². The molecule has 100 valence electrons. The Kier molecular flexibility index (Phi) is 4.44. The zero-order chi connectivity index (χ0) is 13.0. The molecule has 0 bridgehead atoms. The number of ether oxygens (including phenoxy) is 1.